The molecule has 1 heterocycles. The standard InChI is InChI=1S/C14H18N4O3.ClH/c15-7-3-4-8-16-12(19)9-18-13(20)10-5-1-2-6-11(10)17-14(18)21;/h1-2,5-6H,3-4,7-9,15H2,(H,16,19)(H,17,21);1H. The van der Waals surface area contributed by atoms with Crippen LogP contribution in [0.5, 0.6) is 0 Å². The lowest BCUT2D eigenvalue weighted by molar-refractivity contribution is -0.121. The molecule has 0 radical (unpaired) electrons. The van der Waals surface area contributed by atoms with Crippen LogP contribution in [-0.4, -0.2) is 28.5 Å². The van der Waals surface area contributed by atoms with Crippen molar-refractivity contribution in [2.24, 2.45) is 5.73 Å². The second-order valence-corrected chi connectivity index (χ2v) is 4.71. The van der Waals surface area contributed by atoms with Crippen LogP contribution in [0.15, 0.2) is 33.9 Å². The minimum absolute atomic E-state index is 0. The van der Waals surface area contributed by atoms with Gasteiger partial charge in [-0.15, -0.1) is 12.4 Å². The number of carbonyl (C=O) groups is 1. The molecule has 0 atom stereocenters. The Kier molecular flexibility index (Phi) is 6.81. The molecule has 0 spiro atoms. The van der Waals surface area contributed by atoms with Gasteiger partial charge in [-0.3, -0.25) is 14.2 Å². The van der Waals surface area contributed by atoms with Gasteiger partial charge in [-0.1, -0.05) is 12.1 Å². The zero-order chi connectivity index (χ0) is 15.2. The number of carbonyl (C=O) groups excluding carboxylic acids is 1. The van der Waals surface area contributed by atoms with Gasteiger partial charge in [-0.25, -0.2) is 4.79 Å². The largest absolute Gasteiger partial charge is 0.355 e. The second-order valence-electron chi connectivity index (χ2n) is 4.71. The predicted octanol–water partition coefficient (Wildman–Crippen LogP) is -0.0333. The fraction of sp³-hybridized carbons (Fsp3) is 0.357. The number of hydrogen-bond acceptors (Lipinski definition) is 4. The van der Waals surface area contributed by atoms with Crippen molar-refractivity contribution in [2.75, 3.05) is 13.1 Å². The SMILES string of the molecule is Cl.NCCCCNC(=O)Cn1c(=O)[nH]c2ccccc2c1=O. The van der Waals surface area contributed by atoms with Gasteiger partial charge in [0.05, 0.1) is 10.9 Å². The van der Waals surface area contributed by atoms with Gasteiger partial charge in [0, 0.05) is 6.54 Å². The molecule has 0 aliphatic rings. The van der Waals surface area contributed by atoms with Gasteiger partial charge in [0.1, 0.15) is 6.54 Å². The fourth-order valence-corrected chi connectivity index (χ4v) is 2.04. The molecule has 22 heavy (non-hydrogen) atoms. The number of halogens is 1. The highest BCUT2D eigenvalue weighted by atomic mass is 35.5. The average Bonchev–Trinajstić information content (AvgIpc) is 2.48. The monoisotopic (exact) mass is 326 g/mol. The lowest BCUT2D eigenvalue weighted by Gasteiger charge is -2.07. The number of aromatic nitrogens is 2. The molecule has 2 rings (SSSR count). The zero-order valence-electron chi connectivity index (χ0n) is 12.0. The van der Waals surface area contributed by atoms with Gasteiger partial charge in [-0.05, 0) is 31.5 Å². The molecule has 0 bridgehead atoms. The van der Waals surface area contributed by atoms with E-state index in [1.165, 1.54) is 0 Å². The highest BCUT2D eigenvalue weighted by Crippen LogP contribution is 2.02. The summed E-state index contributed by atoms with van der Waals surface area (Å²) < 4.78 is 0.903. The molecule has 4 N–H and O–H groups in total. The summed E-state index contributed by atoms with van der Waals surface area (Å²) in [4.78, 5) is 38.4. The van der Waals surface area contributed by atoms with Crippen molar-refractivity contribution in [1.82, 2.24) is 14.9 Å². The number of fused-ring (bicyclic) bond motifs is 1. The summed E-state index contributed by atoms with van der Waals surface area (Å²) in [5.74, 6) is -0.366. The number of hydrogen-bond donors (Lipinski definition) is 3. The van der Waals surface area contributed by atoms with Crippen molar-refractivity contribution in [3.05, 3.63) is 45.1 Å². The van der Waals surface area contributed by atoms with Crippen LogP contribution in [0, 0.1) is 0 Å². The molecule has 0 aliphatic heterocycles. The number of amides is 1. The number of aromatic amines is 1. The number of unbranched alkanes of at least 4 members (excludes halogenated alkanes) is 1. The number of rotatable bonds is 6. The van der Waals surface area contributed by atoms with Crippen LogP contribution < -0.4 is 22.3 Å². The molecule has 1 amide bonds. The summed E-state index contributed by atoms with van der Waals surface area (Å²) in [6.07, 6.45) is 1.59. The molecular weight excluding hydrogens is 308 g/mol. The maximum absolute atomic E-state index is 12.2. The Balaban J connectivity index is 0.00000242. The minimum Gasteiger partial charge on any atom is -0.355 e. The van der Waals surface area contributed by atoms with E-state index in [2.05, 4.69) is 10.3 Å². The molecule has 2 aromatic rings. The second kappa shape index (κ2) is 8.35. The zero-order valence-corrected chi connectivity index (χ0v) is 12.8. The van der Waals surface area contributed by atoms with Crippen LogP contribution in [0.1, 0.15) is 12.8 Å². The summed E-state index contributed by atoms with van der Waals surface area (Å²) in [6, 6.07) is 6.70. The molecule has 0 saturated heterocycles. The Hall–Kier alpha value is -2.12. The van der Waals surface area contributed by atoms with E-state index < -0.39 is 11.2 Å². The number of para-hydroxylation sites is 1. The van der Waals surface area contributed by atoms with Crippen molar-refractivity contribution < 1.29 is 4.79 Å². The van der Waals surface area contributed by atoms with E-state index in [0.717, 1.165) is 17.4 Å². The van der Waals surface area contributed by atoms with E-state index in [0.29, 0.717) is 24.0 Å². The highest BCUT2D eigenvalue weighted by Gasteiger charge is 2.10. The van der Waals surface area contributed by atoms with Crippen molar-refractivity contribution in [2.45, 2.75) is 19.4 Å². The molecule has 120 valence electrons. The van der Waals surface area contributed by atoms with Crippen LogP contribution in [0.4, 0.5) is 0 Å². The van der Waals surface area contributed by atoms with Crippen molar-refractivity contribution in [3.8, 4) is 0 Å². The predicted molar refractivity (Wildman–Crippen MR) is 87.4 cm³/mol. The maximum Gasteiger partial charge on any atom is 0.329 e. The van der Waals surface area contributed by atoms with Gasteiger partial charge < -0.3 is 16.0 Å². The van der Waals surface area contributed by atoms with Crippen molar-refractivity contribution in [3.63, 3.8) is 0 Å². The van der Waals surface area contributed by atoms with Crippen LogP contribution in [0.2, 0.25) is 0 Å². The fourth-order valence-electron chi connectivity index (χ4n) is 2.04. The van der Waals surface area contributed by atoms with Gasteiger partial charge in [0.25, 0.3) is 5.56 Å². The topological polar surface area (TPSA) is 110 Å². The lowest BCUT2D eigenvalue weighted by atomic mass is 10.2. The Morgan fingerprint density at radius 2 is 1.95 bits per heavy atom. The molecular formula is C14H19ClN4O3. The average molecular weight is 327 g/mol. The van der Waals surface area contributed by atoms with E-state index >= 15 is 0 Å². The number of H-pyrrole nitrogens is 1. The summed E-state index contributed by atoms with van der Waals surface area (Å²) in [7, 11) is 0. The molecule has 1 aromatic heterocycles. The van der Waals surface area contributed by atoms with Crippen LogP contribution in [0.3, 0.4) is 0 Å². The molecule has 0 saturated carbocycles. The minimum atomic E-state index is -0.587. The summed E-state index contributed by atoms with van der Waals surface area (Å²) >= 11 is 0. The number of benzene rings is 1. The first kappa shape index (κ1) is 17.9. The molecule has 0 unspecified atom stereocenters. The quantitative estimate of drug-likeness (QED) is 0.647. The van der Waals surface area contributed by atoms with E-state index in [1.807, 2.05) is 0 Å². The number of nitrogens with two attached hydrogens (primary N) is 1. The Labute approximate surface area is 132 Å². The van der Waals surface area contributed by atoms with Crippen molar-refractivity contribution in [1.29, 1.82) is 0 Å². The van der Waals surface area contributed by atoms with Gasteiger partial charge in [-0.2, -0.15) is 0 Å². The van der Waals surface area contributed by atoms with Crippen LogP contribution >= 0.6 is 12.4 Å². The summed E-state index contributed by atoms with van der Waals surface area (Å²) in [6.45, 7) is 0.761. The van der Waals surface area contributed by atoms with Gasteiger partial charge in [0.15, 0.2) is 0 Å². The third-order valence-electron chi connectivity index (χ3n) is 3.14. The molecule has 0 fully saturated rings. The van der Waals surface area contributed by atoms with E-state index in [4.69, 9.17) is 5.73 Å². The van der Waals surface area contributed by atoms with Gasteiger partial charge in [0.2, 0.25) is 5.91 Å². The maximum atomic E-state index is 12.2. The van der Waals surface area contributed by atoms with Crippen molar-refractivity contribution >= 4 is 29.2 Å². The first-order valence-corrected chi connectivity index (χ1v) is 6.82. The van der Waals surface area contributed by atoms with Gasteiger partial charge >= 0.3 is 5.69 Å². The molecule has 8 heteroatoms. The third kappa shape index (κ3) is 4.19. The smallest absolute Gasteiger partial charge is 0.329 e. The van der Waals surface area contributed by atoms with Crippen LogP contribution in [-0.2, 0) is 11.3 Å². The number of nitrogens with zero attached hydrogens (tertiary/aromatic N) is 1. The van der Waals surface area contributed by atoms with E-state index in [-0.39, 0.29) is 24.9 Å². The Bertz CT molecular complexity index is 754. The third-order valence-corrected chi connectivity index (χ3v) is 3.14. The van der Waals surface area contributed by atoms with E-state index in [9.17, 15) is 14.4 Å². The first-order valence-electron chi connectivity index (χ1n) is 6.82. The summed E-state index contributed by atoms with van der Waals surface area (Å²) in [5, 5.41) is 3.04. The van der Waals surface area contributed by atoms with E-state index in [1.54, 1.807) is 24.3 Å². The molecule has 1 aromatic carbocycles. The Morgan fingerprint density at radius 1 is 1.23 bits per heavy atom. The Morgan fingerprint density at radius 3 is 2.68 bits per heavy atom. The number of nitrogens with one attached hydrogen (secondary N) is 2. The van der Waals surface area contributed by atoms with Crippen LogP contribution in [0.25, 0.3) is 10.9 Å². The highest BCUT2D eigenvalue weighted by molar-refractivity contribution is 5.85. The molecule has 0 aliphatic carbocycles. The molecule has 7 nitrogen and oxygen atoms in total. The first-order chi connectivity index (χ1) is 10.1. The lowest BCUT2D eigenvalue weighted by Crippen LogP contribution is -2.40. The normalized spacial score (nSPS) is 10.2. The summed E-state index contributed by atoms with van der Waals surface area (Å²) in [5.41, 5.74) is 4.77.